The molecule has 6 heteroatoms. The van der Waals surface area contributed by atoms with Gasteiger partial charge < -0.3 is 4.90 Å². The van der Waals surface area contributed by atoms with Crippen LogP contribution in [0.15, 0.2) is 36.5 Å². The van der Waals surface area contributed by atoms with Gasteiger partial charge in [-0.15, -0.1) is 0 Å². The summed E-state index contributed by atoms with van der Waals surface area (Å²) in [5, 5.41) is 16.1. The molecule has 0 saturated carbocycles. The molecule has 1 aromatic carbocycles. The molecule has 0 spiro atoms. The van der Waals surface area contributed by atoms with Crippen molar-refractivity contribution < 1.29 is 4.79 Å². The molecule has 2 fully saturated rings. The highest BCUT2D eigenvalue weighted by molar-refractivity contribution is 5.99. The lowest BCUT2D eigenvalue weighted by atomic mass is 9.93. The van der Waals surface area contributed by atoms with Gasteiger partial charge in [-0.2, -0.15) is 10.4 Å². The van der Waals surface area contributed by atoms with Crippen molar-refractivity contribution in [1.82, 2.24) is 15.1 Å². The number of amides is 1. The van der Waals surface area contributed by atoms with Crippen molar-refractivity contribution in [3.63, 3.8) is 0 Å². The molecule has 2 atom stereocenters. The van der Waals surface area contributed by atoms with Gasteiger partial charge in [-0.25, -0.2) is 0 Å². The summed E-state index contributed by atoms with van der Waals surface area (Å²) in [6.07, 6.45) is 4.89. The fourth-order valence-corrected chi connectivity index (χ4v) is 4.01. The fraction of sp³-hybridized carbons (Fsp3) is 0.421. The summed E-state index contributed by atoms with van der Waals surface area (Å²) in [5.74, 6) is 0.600. The number of H-pyrrole nitrogens is 1. The predicted molar refractivity (Wildman–Crippen MR) is 94.1 cm³/mol. The van der Waals surface area contributed by atoms with Crippen LogP contribution in [0.2, 0.25) is 0 Å². The number of aromatic nitrogens is 2. The Bertz CT molecular complexity index is 777. The van der Waals surface area contributed by atoms with Crippen LogP contribution in [0, 0.1) is 11.3 Å². The topological polar surface area (TPSA) is 76.0 Å². The van der Waals surface area contributed by atoms with Crippen LogP contribution in [0.4, 0.5) is 5.69 Å². The van der Waals surface area contributed by atoms with Crippen LogP contribution in [-0.4, -0.2) is 46.7 Å². The van der Waals surface area contributed by atoms with E-state index in [1.807, 2.05) is 23.1 Å². The van der Waals surface area contributed by atoms with E-state index in [1.54, 1.807) is 18.3 Å². The summed E-state index contributed by atoms with van der Waals surface area (Å²) in [4.78, 5) is 17.1. The number of hydrogen-bond donors (Lipinski definition) is 1. The van der Waals surface area contributed by atoms with E-state index in [0.29, 0.717) is 11.5 Å². The predicted octanol–water partition coefficient (Wildman–Crippen LogP) is 2.27. The van der Waals surface area contributed by atoms with Crippen LogP contribution in [0.3, 0.4) is 0 Å². The first-order valence-electron chi connectivity index (χ1n) is 8.81. The zero-order chi connectivity index (χ0) is 17.2. The molecule has 1 N–H and O–H groups in total. The molecule has 2 saturated heterocycles. The Morgan fingerprint density at radius 3 is 2.72 bits per heavy atom. The average Bonchev–Trinajstić information content (AvgIpc) is 3.32. The Labute approximate surface area is 147 Å². The molecule has 2 unspecified atom stereocenters. The third-order valence-corrected chi connectivity index (χ3v) is 5.34. The number of piperidine rings is 1. The van der Waals surface area contributed by atoms with E-state index < -0.39 is 0 Å². The first-order chi connectivity index (χ1) is 12.3. The lowest BCUT2D eigenvalue weighted by Crippen LogP contribution is -2.46. The van der Waals surface area contributed by atoms with E-state index in [0.717, 1.165) is 44.6 Å². The third-order valence-electron chi connectivity index (χ3n) is 5.34. The number of benzene rings is 1. The Morgan fingerprint density at radius 1 is 1.16 bits per heavy atom. The molecule has 0 bridgehead atoms. The van der Waals surface area contributed by atoms with E-state index >= 15 is 0 Å². The van der Waals surface area contributed by atoms with Gasteiger partial charge in [0.2, 0.25) is 5.91 Å². The number of carbonyl (C=O) groups excluding carboxylic acids is 1. The monoisotopic (exact) mass is 335 g/mol. The maximum absolute atomic E-state index is 13.0. The number of nitriles is 1. The highest BCUT2D eigenvalue weighted by Crippen LogP contribution is 2.31. The van der Waals surface area contributed by atoms with Gasteiger partial charge in [0.25, 0.3) is 0 Å². The summed E-state index contributed by atoms with van der Waals surface area (Å²) < 4.78 is 0. The van der Waals surface area contributed by atoms with Crippen LogP contribution >= 0.6 is 0 Å². The summed E-state index contributed by atoms with van der Waals surface area (Å²) in [6.45, 7) is 2.61. The number of carbonyl (C=O) groups is 1. The van der Waals surface area contributed by atoms with E-state index in [-0.39, 0.29) is 11.9 Å². The summed E-state index contributed by atoms with van der Waals surface area (Å²) in [6, 6.07) is 11.4. The molecule has 2 aliphatic rings. The number of nitrogens with zero attached hydrogens (tertiary/aromatic N) is 4. The number of nitrogens with one attached hydrogen (secondary N) is 1. The number of aromatic amines is 1. The normalized spacial score (nSPS) is 24.4. The van der Waals surface area contributed by atoms with Gasteiger partial charge in [0.1, 0.15) is 0 Å². The number of likely N-dealkylation sites (tertiary alicyclic amines) is 1. The van der Waals surface area contributed by atoms with Gasteiger partial charge in [-0.3, -0.25) is 14.8 Å². The molecule has 0 radical (unpaired) electrons. The average molecular weight is 335 g/mol. The highest BCUT2D eigenvalue weighted by Gasteiger charge is 2.38. The lowest BCUT2D eigenvalue weighted by molar-refractivity contribution is -0.122. The van der Waals surface area contributed by atoms with Crippen molar-refractivity contribution in [3.05, 3.63) is 47.8 Å². The Morgan fingerprint density at radius 2 is 2.00 bits per heavy atom. The van der Waals surface area contributed by atoms with Crippen molar-refractivity contribution in [3.8, 4) is 6.07 Å². The summed E-state index contributed by atoms with van der Waals surface area (Å²) in [5.41, 5.74) is 2.66. The zero-order valence-electron chi connectivity index (χ0n) is 14.1. The fourth-order valence-electron chi connectivity index (χ4n) is 4.01. The van der Waals surface area contributed by atoms with E-state index in [9.17, 15) is 4.79 Å². The zero-order valence-corrected chi connectivity index (χ0v) is 14.1. The van der Waals surface area contributed by atoms with Gasteiger partial charge in [0, 0.05) is 36.6 Å². The van der Waals surface area contributed by atoms with E-state index in [2.05, 4.69) is 21.2 Å². The van der Waals surface area contributed by atoms with Crippen molar-refractivity contribution >= 4 is 11.6 Å². The second-order valence-electron chi connectivity index (χ2n) is 6.80. The van der Waals surface area contributed by atoms with Gasteiger partial charge in [0.15, 0.2) is 0 Å². The van der Waals surface area contributed by atoms with Crippen LogP contribution in [0.5, 0.6) is 0 Å². The third kappa shape index (κ3) is 3.03. The van der Waals surface area contributed by atoms with E-state index in [1.165, 1.54) is 5.69 Å². The molecule has 128 valence electrons. The molecule has 0 aliphatic carbocycles. The lowest BCUT2D eigenvalue weighted by Gasteiger charge is -2.35. The number of rotatable bonds is 3. The SMILES string of the molecule is N#Cc1ccc(N2CCC(N3CCCC(c4ccn[nH]4)C3)C2=O)cc1. The molecule has 6 nitrogen and oxygen atoms in total. The summed E-state index contributed by atoms with van der Waals surface area (Å²) in [7, 11) is 0. The molecule has 1 aromatic heterocycles. The van der Waals surface area contributed by atoms with Gasteiger partial charge in [0.05, 0.1) is 17.7 Å². The second kappa shape index (κ2) is 6.69. The standard InChI is InChI=1S/C19H21N5O/c20-12-14-3-5-16(6-4-14)24-11-8-18(19(24)25)23-10-1-2-15(13-23)17-7-9-21-22-17/h3-7,9,15,18H,1-2,8,10-11,13H2,(H,21,22). The van der Waals surface area contributed by atoms with Crippen molar-refractivity contribution in [2.45, 2.75) is 31.2 Å². The minimum Gasteiger partial charge on any atom is -0.311 e. The van der Waals surface area contributed by atoms with Crippen molar-refractivity contribution in [2.75, 3.05) is 24.5 Å². The van der Waals surface area contributed by atoms with Gasteiger partial charge in [-0.05, 0) is 56.1 Å². The number of anilines is 1. The first kappa shape index (κ1) is 15.9. The molecule has 1 amide bonds. The molecule has 25 heavy (non-hydrogen) atoms. The smallest absolute Gasteiger partial charge is 0.244 e. The maximum atomic E-state index is 13.0. The molecule has 3 heterocycles. The minimum atomic E-state index is -0.0404. The van der Waals surface area contributed by atoms with Crippen molar-refractivity contribution in [1.29, 1.82) is 5.26 Å². The second-order valence-corrected chi connectivity index (χ2v) is 6.80. The Balaban J connectivity index is 1.46. The van der Waals surface area contributed by atoms with Crippen LogP contribution in [-0.2, 0) is 4.79 Å². The molecule has 2 aliphatic heterocycles. The molecular formula is C19H21N5O. The van der Waals surface area contributed by atoms with E-state index in [4.69, 9.17) is 5.26 Å². The number of hydrogen-bond acceptors (Lipinski definition) is 4. The van der Waals surface area contributed by atoms with Crippen LogP contribution in [0.1, 0.15) is 36.4 Å². The van der Waals surface area contributed by atoms with Gasteiger partial charge in [-0.1, -0.05) is 0 Å². The Hall–Kier alpha value is -2.65. The molecule has 4 rings (SSSR count). The quantitative estimate of drug-likeness (QED) is 0.933. The van der Waals surface area contributed by atoms with Gasteiger partial charge >= 0.3 is 0 Å². The first-order valence-corrected chi connectivity index (χ1v) is 8.81. The molecular weight excluding hydrogens is 314 g/mol. The highest BCUT2D eigenvalue weighted by atomic mass is 16.2. The Kier molecular flexibility index (Phi) is 4.24. The molecule has 2 aromatic rings. The largest absolute Gasteiger partial charge is 0.311 e. The summed E-state index contributed by atoms with van der Waals surface area (Å²) >= 11 is 0. The maximum Gasteiger partial charge on any atom is 0.244 e. The van der Waals surface area contributed by atoms with Crippen LogP contribution in [0.25, 0.3) is 0 Å². The minimum absolute atomic E-state index is 0.0404. The van der Waals surface area contributed by atoms with Crippen LogP contribution < -0.4 is 4.90 Å². The van der Waals surface area contributed by atoms with Crippen molar-refractivity contribution in [2.24, 2.45) is 0 Å².